The smallest absolute Gasteiger partial charge is 0.337 e. The molecule has 2 heterocycles. The molecular formula is C14H13ClN2O2S. The number of anilines is 1. The number of carboxylic acid groups (broad SMARTS) is 1. The topological polar surface area (TPSA) is 53.4 Å². The molecule has 4 nitrogen and oxygen atoms in total. The van der Waals surface area contributed by atoms with Crippen LogP contribution in [0.25, 0.3) is 0 Å². The van der Waals surface area contributed by atoms with Gasteiger partial charge in [-0.2, -0.15) is 11.3 Å². The highest BCUT2D eigenvalue weighted by molar-refractivity contribution is 7.07. The van der Waals surface area contributed by atoms with E-state index in [1.807, 2.05) is 5.38 Å². The van der Waals surface area contributed by atoms with Gasteiger partial charge in [0.25, 0.3) is 0 Å². The first-order chi connectivity index (χ1) is 9.66. The molecule has 1 fully saturated rings. The van der Waals surface area contributed by atoms with Gasteiger partial charge in [0.15, 0.2) is 0 Å². The van der Waals surface area contributed by atoms with Crippen molar-refractivity contribution < 1.29 is 9.90 Å². The van der Waals surface area contributed by atoms with E-state index in [2.05, 4.69) is 21.3 Å². The fraction of sp³-hybridized carbons (Fsp3) is 0.286. The average Bonchev–Trinajstić information content (AvgIpc) is 3.14. The summed E-state index contributed by atoms with van der Waals surface area (Å²) in [4.78, 5) is 17.6. The number of pyridine rings is 1. The number of rotatable bonds is 5. The number of aromatic nitrogens is 1. The predicted octanol–water partition coefficient (Wildman–Crippen LogP) is 3.66. The number of thiophene rings is 1. The van der Waals surface area contributed by atoms with Crippen molar-refractivity contribution in [3.63, 3.8) is 0 Å². The van der Waals surface area contributed by atoms with Crippen LogP contribution in [-0.2, 0) is 6.54 Å². The minimum atomic E-state index is -1.02. The van der Waals surface area contributed by atoms with Gasteiger partial charge in [0, 0.05) is 18.8 Å². The molecular weight excluding hydrogens is 296 g/mol. The SMILES string of the molecule is O=C(O)c1ccnc(N(Cc2ccsc2)C2CC2)c1Cl. The third-order valence-corrected chi connectivity index (χ3v) is 4.40. The number of aromatic carboxylic acids is 1. The lowest BCUT2D eigenvalue weighted by molar-refractivity contribution is 0.0697. The first-order valence-electron chi connectivity index (χ1n) is 6.32. The highest BCUT2D eigenvalue weighted by Crippen LogP contribution is 2.36. The highest BCUT2D eigenvalue weighted by atomic mass is 35.5. The normalized spacial score (nSPS) is 14.2. The van der Waals surface area contributed by atoms with Crippen LogP contribution in [0, 0.1) is 0 Å². The molecule has 2 aromatic rings. The quantitative estimate of drug-likeness (QED) is 0.915. The van der Waals surface area contributed by atoms with Gasteiger partial charge >= 0.3 is 5.97 Å². The lowest BCUT2D eigenvalue weighted by Crippen LogP contribution is -2.26. The molecule has 6 heteroatoms. The highest BCUT2D eigenvalue weighted by Gasteiger charge is 2.32. The molecule has 3 rings (SSSR count). The average molecular weight is 309 g/mol. The third kappa shape index (κ3) is 2.64. The molecule has 1 N–H and O–H groups in total. The van der Waals surface area contributed by atoms with E-state index in [0.717, 1.165) is 12.8 Å². The second kappa shape index (κ2) is 5.42. The van der Waals surface area contributed by atoms with Gasteiger partial charge in [0.2, 0.25) is 0 Å². The number of carboxylic acids is 1. The summed E-state index contributed by atoms with van der Waals surface area (Å²) in [6, 6.07) is 3.91. The van der Waals surface area contributed by atoms with Crippen molar-refractivity contribution in [2.45, 2.75) is 25.4 Å². The van der Waals surface area contributed by atoms with Crippen molar-refractivity contribution in [3.05, 3.63) is 45.2 Å². The van der Waals surface area contributed by atoms with E-state index in [1.54, 1.807) is 11.3 Å². The monoisotopic (exact) mass is 308 g/mol. The minimum Gasteiger partial charge on any atom is -0.478 e. The van der Waals surface area contributed by atoms with Crippen LogP contribution in [-0.4, -0.2) is 22.1 Å². The molecule has 0 atom stereocenters. The molecule has 0 spiro atoms. The van der Waals surface area contributed by atoms with E-state index >= 15 is 0 Å². The Labute approximate surface area is 125 Å². The summed E-state index contributed by atoms with van der Waals surface area (Å²) < 4.78 is 0. The van der Waals surface area contributed by atoms with E-state index in [4.69, 9.17) is 16.7 Å². The van der Waals surface area contributed by atoms with Crippen LogP contribution >= 0.6 is 22.9 Å². The Hall–Kier alpha value is -1.59. The van der Waals surface area contributed by atoms with Crippen molar-refractivity contribution in [2.24, 2.45) is 0 Å². The molecule has 20 heavy (non-hydrogen) atoms. The first-order valence-corrected chi connectivity index (χ1v) is 7.64. The van der Waals surface area contributed by atoms with Gasteiger partial charge in [0.1, 0.15) is 5.82 Å². The summed E-state index contributed by atoms with van der Waals surface area (Å²) in [7, 11) is 0. The largest absolute Gasteiger partial charge is 0.478 e. The van der Waals surface area contributed by atoms with E-state index < -0.39 is 5.97 Å². The summed E-state index contributed by atoms with van der Waals surface area (Å²) >= 11 is 7.88. The van der Waals surface area contributed by atoms with Crippen LogP contribution in [0.5, 0.6) is 0 Å². The van der Waals surface area contributed by atoms with Crippen molar-refractivity contribution in [1.29, 1.82) is 0 Å². The Bertz CT molecular complexity index is 626. The zero-order valence-electron chi connectivity index (χ0n) is 10.6. The number of hydrogen-bond donors (Lipinski definition) is 1. The van der Waals surface area contributed by atoms with Gasteiger partial charge in [-0.1, -0.05) is 11.6 Å². The molecule has 2 aromatic heterocycles. The fourth-order valence-corrected chi connectivity index (χ4v) is 3.10. The van der Waals surface area contributed by atoms with E-state index in [-0.39, 0.29) is 10.6 Å². The summed E-state index contributed by atoms with van der Waals surface area (Å²) in [5.74, 6) is -0.454. The number of carbonyl (C=O) groups is 1. The molecule has 0 aromatic carbocycles. The Balaban J connectivity index is 1.95. The van der Waals surface area contributed by atoms with Crippen molar-refractivity contribution in [2.75, 3.05) is 4.90 Å². The number of halogens is 1. The second-order valence-corrected chi connectivity index (χ2v) is 5.95. The Morgan fingerprint density at radius 3 is 2.90 bits per heavy atom. The molecule has 0 unspecified atom stereocenters. The summed E-state index contributed by atoms with van der Waals surface area (Å²) in [6.07, 6.45) is 3.70. The molecule has 1 saturated carbocycles. The van der Waals surface area contributed by atoms with Crippen LogP contribution in [0.4, 0.5) is 5.82 Å². The molecule has 1 aliphatic rings. The van der Waals surface area contributed by atoms with Gasteiger partial charge < -0.3 is 10.0 Å². The van der Waals surface area contributed by atoms with E-state index in [9.17, 15) is 4.79 Å². The fourth-order valence-electron chi connectivity index (χ4n) is 2.14. The molecule has 0 radical (unpaired) electrons. The third-order valence-electron chi connectivity index (χ3n) is 3.29. The zero-order valence-corrected chi connectivity index (χ0v) is 12.2. The Morgan fingerprint density at radius 2 is 2.30 bits per heavy atom. The molecule has 0 bridgehead atoms. The number of nitrogens with zero attached hydrogens (tertiary/aromatic N) is 2. The lowest BCUT2D eigenvalue weighted by Gasteiger charge is -2.24. The maximum atomic E-state index is 11.2. The summed E-state index contributed by atoms with van der Waals surface area (Å²) in [5.41, 5.74) is 1.30. The maximum Gasteiger partial charge on any atom is 0.337 e. The van der Waals surface area contributed by atoms with E-state index in [0.29, 0.717) is 18.4 Å². The summed E-state index contributed by atoms with van der Waals surface area (Å²) in [5, 5.41) is 13.5. The van der Waals surface area contributed by atoms with Crippen molar-refractivity contribution >= 4 is 34.7 Å². The van der Waals surface area contributed by atoms with Gasteiger partial charge in [-0.15, -0.1) is 0 Å². The minimum absolute atomic E-state index is 0.104. The first kappa shape index (κ1) is 13.4. The second-order valence-electron chi connectivity index (χ2n) is 4.79. The van der Waals surface area contributed by atoms with Gasteiger partial charge in [-0.05, 0) is 41.3 Å². The van der Waals surface area contributed by atoms with Gasteiger partial charge in [0.05, 0.1) is 10.6 Å². The molecule has 0 amide bonds. The van der Waals surface area contributed by atoms with Crippen LogP contribution < -0.4 is 4.90 Å². The maximum absolute atomic E-state index is 11.2. The summed E-state index contributed by atoms with van der Waals surface area (Å²) in [6.45, 7) is 0.712. The van der Waals surface area contributed by atoms with Gasteiger partial charge in [-0.25, -0.2) is 9.78 Å². The van der Waals surface area contributed by atoms with Crippen LogP contribution in [0.15, 0.2) is 29.1 Å². The van der Waals surface area contributed by atoms with Crippen LogP contribution in [0.3, 0.4) is 0 Å². The van der Waals surface area contributed by atoms with Gasteiger partial charge in [-0.3, -0.25) is 0 Å². The van der Waals surface area contributed by atoms with E-state index in [1.165, 1.54) is 17.8 Å². The standard InChI is InChI=1S/C14H13ClN2O2S/c15-12-11(14(18)19)3-5-16-13(12)17(10-1-2-10)7-9-4-6-20-8-9/h3-6,8,10H,1-2,7H2,(H,18,19). The number of hydrogen-bond acceptors (Lipinski definition) is 4. The molecule has 104 valence electrons. The van der Waals surface area contributed by atoms with Crippen molar-refractivity contribution in [3.8, 4) is 0 Å². The molecule has 1 aliphatic carbocycles. The Kier molecular flexibility index (Phi) is 3.63. The molecule has 0 aliphatic heterocycles. The van der Waals surface area contributed by atoms with Crippen molar-refractivity contribution in [1.82, 2.24) is 4.98 Å². The zero-order chi connectivity index (χ0) is 14.1. The van der Waals surface area contributed by atoms with Crippen LogP contribution in [0.1, 0.15) is 28.8 Å². The van der Waals surface area contributed by atoms with Crippen LogP contribution in [0.2, 0.25) is 5.02 Å². The predicted molar refractivity (Wildman–Crippen MR) is 79.7 cm³/mol. The lowest BCUT2D eigenvalue weighted by atomic mass is 10.2. The Morgan fingerprint density at radius 1 is 1.50 bits per heavy atom. The molecule has 0 saturated heterocycles.